The maximum atomic E-state index is 12.6. The molecular weight excluding hydrogens is 394 g/mol. The van der Waals surface area contributed by atoms with Crippen molar-refractivity contribution in [3.63, 3.8) is 0 Å². The molecule has 0 radical (unpaired) electrons. The van der Waals surface area contributed by atoms with Crippen LogP contribution in [0.5, 0.6) is 5.75 Å². The monoisotopic (exact) mass is 419 g/mol. The second-order valence-electron chi connectivity index (χ2n) is 6.16. The van der Waals surface area contributed by atoms with Crippen LogP contribution >= 0.6 is 0 Å². The van der Waals surface area contributed by atoms with Crippen LogP contribution in [0, 0.1) is 0 Å². The highest BCUT2D eigenvalue weighted by atomic mass is 32.2. The third-order valence-electron chi connectivity index (χ3n) is 4.01. The van der Waals surface area contributed by atoms with Gasteiger partial charge in [0.1, 0.15) is 5.75 Å². The quantitative estimate of drug-likeness (QED) is 0.650. The molecule has 0 unspecified atom stereocenters. The van der Waals surface area contributed by atoms with Crippen LogP contribution in [0.3, 0.4) is 0 Å². The summed E-state index contributed by atoms with van der Waals surface area (Å²) in [7, 11) is -3.61. The van der Waals surface area contributed by atoms with Gasteiger partial charge in [-0.15, -0.1) is 0 Å². The molecule has 156 valence electrons. The minimum absolute atomic E-state index is 0.119. The van der Waals surface area contributed by atoms with Gasteiger partial charge >= 0.3 is 0 Å². The zero-order valence-corrected chi connectivity index (χ0v) is 17.5. The first kappa shape index (κ1) is 22.4. The number of rotatable bonds is 9. The summed E-state index contributed by atoms with van der Waals surface area (Å²) < 4.78 is 32.0. The Balaban J connectivity index is 1.98. The Hall–Kier alpha value is -2.91. The zero-order valence-electron chi connectivity index (χ0n) is 16.6. The molecule has 2 aromatic rings. The molecule has 0 fully saturated rings. The van der Waals surface area contributed by atoms with Crippen molar-refractivity contribution in [3.8, 4) is 5.75 Å². The van der Waals surface area contributed by atoms with Crippen molar-refractivity contribution in [3.05, 3.63) is 48.5 Å². The number of carbonyl (C=O) groups excluding carboxylic acids is 2. The van der Waals surface area contributed by atoms with Gasteiger partial charge in [-0.25, -0.2) is 8.42 Å². The fourth-order valence-electron chi connectivity index (χ4n) is 2.63. The van der Waals surface area contributed by atoms with E-state index in [1.165, 1.54) is 23.4 Å². The van der Waals surface area contributed by atoms with Crippen molar-refractivity contribution >= 4 is 33.2 Å². The molecule has 0 saturated heterocycles. The predicted molar refractivity (Wildman–Crippen MR) is 111 cm³/mol. The number of anilines is 2. The summed E-state index contributed by atoms with van der Waals surface area (Å²) in [6.45, 7) is 5.44. The van der Waals surface area contributed by atoms with Crippen molar-refractivity contribution in [1.82, 2.24) is 4.31 Å². The van der Waals surface area contributed by atoms with Crippen LogP contribution in [0.1, 0.15) is 20.8 Å². The predicted octanol–water partition coefficient (Wildman–Crippen LogP) is 2.69. The van der Waals surface area contributed by atoms with Crippen molar-refractivity contribution in [2.45, 2.75) is 25.7 Å². The Kier molecular flexibility index (Phi) is 7.74. The average Bonchev–Trinajstić information content (AvgIpc) is 2.68. The van der Waals surface area contributed by atoms with E-state index >= 15 is 0 Å². The lowest BCUT2D eigenvalue weighted by molar-refractivity contribution is -0.118. The Bertz CT molecular complexity index is 954. The van der Waals surface area contributed by atoms with Gasteiger partial charge in [-0.3, -0.25) is 9.59 Å². The van der Waals surface area contributed by atoms with Crippen LogP contribution in [0.4, 0.5) is 11.4 Å². The molecule has 2 aromatic carbocycles. The average molecular weight is 420 g/mol. The first-order valence-corrected chi connectivity index (χ1v) is 10.6. The third kappa shape index (κ3) is 6.30. The zero-order chi connectivity index (χ0) is 21.4. The molecule has 8 nitrogen and oxygen atoms in total. The number of carbonyl (C=O) groups is 2. The number of hydrogen-bond donors (Lipinski definition) is 2. The summed E-state index contributed by atoms with van der Waals surface area (Å²) in [5.41, 5.74) is 0.994. The largest absolute Gasteiger partial charge is 0.484 e. The number of ether oxygens (including phenoxy) is 1. The second-order valence-corrected chi connectivity index (χ2v) is 8.10. The first-order valence-electron chi connectivity index (χ1n) is 9.16. The molecule has 0 saturated carbocycles. The summed E-state index contributed by atoms with van der Waals surface area (Å²) >= 11 is 0. The van der Waals surface area contributed by atoms with E-state index in [1.807, 2.05) is 0 Å². The Morgan fingerprint density at radius 1 is 0.966 bits per heavy atom. The lowest BCUT2D eigenvalue weighted by atomic mass is 10.3. The summed E-state index contributed by atoms with van der Waals surface area (Å²) in [5.74, 6) is -0.135. The maximum Gasteiger partial charge on any atom is 0.262 e. The van der Waals surface area contributed by atoms with E-state index < -0.39 is 15.9 Å². The molecule has 0 spiro atoms. The van der Waals surface area contributed by atoms with Gasteiger partial charge in [0.25, 0.3) is 5.91 Å². The SMILES string of the molecule is CCN(CC)S(=O)(=O)c1cccc(NC(=O)COc2ccc(NC(C)=O)cc2)c1. The van der Waals surface area contributed by atoms with Crippen LogP contribution in [-0.2, 0) is 19.6 Å². The highest BCUT2D eigenvalue weighted by molar-refractivity contribution is 7.89. The van der Waals surface area contributed by atoms with Gasteiger partial charge in [-0.1, -0.05) is 19.9 Å². The number of hydrogen-bond acceptors (Lipinski definition) is 5. The highest BCUT2D eigenvalue weighted by Gasteiger charge is 2.21. The van der Waals surface area contributed by atoms with Gasteiger partial charge in [0.2, 0.25) is 15.9 Å². The van der Waals surface area contributed by atoms with Gasteiger partial charge < -0.3 is 15.4 Å². The fourth-order valence-corrected chi connectivity index (χ4v) is 4.14. The van der Waals surface area contributed by atoms with Crippen LogP contribution in [0.25, 0.3) is 0 Å². The van der Waals surface area contributed by atoms with E-state index in [2.05, 4.69) is 10.6 Å². The van der Waals surface area contributed by atoms with Crippen molar-refractivity contribution in [1.29, 1.82) is 0 Å². The minimum atomic E-state index is -3.61. The Labute approximate surface area is 170 Å². The summed E-state index contributed by atoms with van der Waals surface area (Å²) in [6.07, 6.45) is 0. The lowest BCUT2D eigenvalue weighted by Crippen LogP contribution is -2.30. The van der Waals surface area contributed by atoms with E-state index in [9.17, 15) is 18.0 Å². The molecule has 2 rings (SSSR count). The van der Waals surface area contributed by atoms with E-state index in [-0.39, 0.29) is 17.4 Å². The fraction of sp³-hybridized carbons (Fsp3) is 0.300. The molecule has 2 amide bonds. The topological polar surface area (TPSA) is 105 Å². The summed E-state index contributed by atoms with van der Waals surface area (Å²) in [6, 6.07) is 12.7. The van der Waals surface area contributed by atoms with Gasteiger partial charge in [0.05, 0.1) is 4.90 Å². The van der Waals surface area contributed by atoms with E-state index in [0.29, 0.717) is 30.2 Å². The second kappa shape index (κ2) is 10.0. The van der Waals surface area contributed by atoms with Crippen LogP contribution < -0.4 is 15.4 Å². The number of sulfonamides is 1. The summed E-state index contributed by atoms with van der Waals surface area (Å²) in [4.78, 5) is 23.3. The Morgan fingerprint density at radius 2 is 1.62 bits per heavy atom. The highest BCUT2D eigenvalue weighted by Crippen LogP contribution is 2.20. The number of amides is 2. The number of nitrogens with one attached hydrogen (secondary N) is 2. The van der Waals surface area contributed by atoms with E-state index in [4.69, 9.17) is 4.74 Å². The van der Waals surface area contributed by atoms with E-state index in [1.54, 1.807) is 50.2 Å². The first-order chi connectivity index (χ1) is 13.8. The van der Waals surface area contributed by atoms with Crippen LogP contribution in [-0.4, -0.2) is 44.2 Å². The summed E-state index contributed by atoms with van der Waals surface area (Å²) in [5, 5.41) is 5.27. The van der Waals surface area contributed by atoms with Gasteiger partial charge in [0, 0.05) is 31.4 Å². The van der Waals surface area contributed by atoms with Crippen molar-refractivity contribution < 1.29 is 22.7 Å². The molecule has 0 aromatic heterocycles. The smallest absolute Gasteiger partial charge is 0.262 e. The maximum absolute atomic E-state index is 12.6. The molecule has 29 heavy (non-hydrogen) atoms. The Morgan fingerprint density at radius 3 is 2.21 bits per heavy atom. The van der Waals surface area contributed by atoms with Gasteiger partial charge in [-0.2, -0.15) is 4.31 Å². The molecule has 0 aliphatic carbocycles. The van der Waals surface area contributed by atoms with Gasteiger partial charge in [0.15, 0.2) is 6.61 Å². The molecule has 0 aliphatic rings. The molecule has 0 aliphatic heterocycles. The van der Waals surface area contributed by atoms with Crippen LogP contribution in [0.15, 0.2) is 53.4 Å². The van der Waals surface area contributed by atoms with Gasteiger partial charge in [-0.05, 0) is 42.5 Å². The normalized spacial score (nSPS) is 11.2. The molecule has 0 atom stereocenters. The number of nitrogens with zero attached hydrogens (tertiary/aromatic N) is 1. The standard InChI is InChI=1S/C20H25N3O5S/c1-4-23(5-2)29(26,27)19-8-6-7-17(13-19)22-20(25)14-28-18-11-9-16(10-12-18)21-15(3)24/h6-13H,4-5,14H2,1-3H3,(H,21,24)(H,22,25). The van der Waals surface area contributed by atoms with Crippen molar-refractivity contribution in [2.75, 3.05) is 30.3 Å². The van der Waals surface area contributed by atoms with E-state index in [0.717, 1.165) is 0 Å². The lowest BCUT2D eigenvalue weighted by Gasteiger charge is -2.18. The number of benzene rings is 2. The van der Waals surface area contributed by atoms with Crippen LogP contribution in [0.2, 0.25) is 0 Å². The minimum Gasteiger partial charge on any atom is -0.484 e. The third-order valence-corrected chi connectivity index (χ3v) is 6.05. The molecule has 0 bridgehead atoms. The molecule has 2 N–H and O–H groups in total. The molecule has 0 heterocycles. The molecule has 9 heteroatoms. The van der Waals surface area contributed by atoms with Crippen molar-refractivity contribution in [2.24, 2.45) is 0 Å². The molecular formula is C20H25N3O5S.